The Kier molecular flexibility index (Phi) is 6.27. The number of aryl methyl sites for hydroxylation is 3. The highest BCUT2D eigenvalue weighted by Gasteiger charge is 2.35. The van der Waals surface area contributed by atoms with E-state index in [1.807, 2.05) is 32.9 Å². The molecule has 156 valence electrons. The molecule has 1 amide bonds. The summed E-state index contributed by atoms with van der Waals surface area (Å²) in [7, 11) is -3.17. The first-order chi connectivity index (χ1) is 13.6. The Morgan fingerprint density at radius 2 is 1.86 bits per heavy atom. The van der Waals surface area contributed by atoms with Gasteiger partial charge in [-0.3, -0.25) is 4.79 Å². The number of carbonyl (C=O) groups is 1. The molecule has 7 heteroatoms. The van der Waals surface area contributed by atoms with Crippen LogP contribution in [0, 0.1) is 26.6 Å². The van der Waals surface area contributed by atoms with Gasteiger partial charge in [0.2, 0.25) is 0 Å². The number of halogens is 1. The van der Waals surface area contributed by atoms with Crippen molar-refractivity contribution in [1.29, 1.82) is 0 Å². The van der Waals surface area contributed by atoms with Crippen LogP contribution in [0.15, 0.2) is 36.4 Å². The Bertz CT molecular complexity index is 996. The summed E-state index contributed by atoms with van der Waals surface area (Å²) < 4.78 is 43.3. The fourth-order valence-electron chi connectivity index (χ4n) is 3.89. The molecule has 0 radical (unpaired) electrons. The topological polar surface area (TPSA) is 63.7 Å². The number of hydrogen-bond acceptors (Lipinski definition) is 4. The predicted octanol–water partition coefficient (Wildman–Crippen LogP) is 3.35. The van der Waals surface area contributed by atoms with Crippen LogP contribution in [0.1, 0.15) is 28.7 Å². The molecule has 2 aromatic rings. The van der Waals surface area contributed by atoms with E-state index in [2.05, 4.69) is 0 Å². The van der Waals surface area contributed by atoms with Crippen LogP contribution in [0.5, 0.6) is 5.75 Å². The van der Waals surface area contributed by atoms with Crippen molar-refractivity contribution in [1.82, 2.24) is 4.90 Å². The predicted molar refractivity (Wildman–Crippen MR) is 110 cm³/mol. The molecule has 1 atom stereocenters. The van der Waals surface area contributed by atoms with Gasteiger partial charge < -0.3 is 9.64 Å². The first-order valence-corrected chi connectivity index (χ1v) is 11.4. The van der Waals surface area contributed by atoms with Crippen molar-refractivity contribution in [3.8, 4) is 5.75 Å². The number of amides is 1. The van der Waals surface area contributed by atoms with Gasteiger partial charge in [-0.1, -0.05) is 29.8 Å². The number of rotatable bonds is 6. The van der Waals surface area contributed by atoms with Crippen LogP contribution in [0.25, 0.3) is 0 Å². The van der Waals surface area contributed by atoms with E-state index in [9.17, 15) is 17.6 Å². The van der Waals surface area contributed by atoms with Crippen molar-refractivity contribution >= 4 is 15.7 Å². The minimum Gasteiger partial charge on any atom is -0.483 e. The summed E-state index contributed by atoms with van der Waals surface area (Å²) in [6.07, 6.45) is 0.381. The van der Waals surface area contributed by atoms with E-state index in [0.717, 1.165) is 16.7 Å². The SMILES string of the molecule is Cc1cc(C)c(OCC(=O)N(Cc2cccc(F)c2)[C@@H]2CCS(=O)(=O)C2)c(C)c1. The second kappa shape index (κ2) is 8.53. The largest absolute Gasteiger partial charge is 0.483 e. The van der Waals surface area contributed by atoms with Crippen LogP contribution in [0.2, 0.25) is 0 Å². The van der Waals surface area contributed by atoms with Crippen LogP contribution in [-0.4, -0.2) is 43.4 Å². The van der Waals surface area contributed by atoms with Gasteiger partial charge in [0.1, 0.15) is 11.6 Å². The van der Waals surface area contributed by atoms with Crippen molar-refractivity contribution in [2.75, 3.05) is 18.1 Å². The third-order valence-electron chi connectivity index (χ3n) is 5.16. The van der Waals surface area contributed by atoms with Crippen LogP contribution in [0.4, 0.5) is 4.39 Å². The average Bonchev–Trinajstić information content (AvgIpc) is 2.98. The van der Waals surface area contributed by atoms with Crippen LogP contribution in [-0.2, 0) is 21.2 Å². The molecule has 0 saturated carbocycles. The number of hydrogen-bond donors (Lipinski definition) is 0. The van der Waals surface area contributed by atoms with E-state index in [1.165, 1.54) is 17.0 Å². The lowest BCUT2D eigenvalue weighted by Crippen LogP contribution is -2.43. The van der Waals surface area contributed by atoms with Gasteiger partial charge in [-0.2, -0.15) is 0 Å². The van der Waals surface area contributed by atoms with Crippen LogP contribution < -0.4 is 4.74 Å². The quantitative estimate of drug-likeness (QED) is 0.720. The molecule has 0 bridgehead atoms. The smallest absolute Gasteiger partial charge is 0.261 e. The number of nitrogens with zero attached hydrogens (tertiary/aromatic N) is 1. The van der Waals surface area contributed by atoms with Gasteiger partial charge in [0, 0.05) is 12.6 Å². The molecular formula is C22H26FNO4S. The number of sulfone groups is 1. The Balaban J connectivity index is 1.79. The van der Waals surface area contributed by atoms with Crippen LogP contribution in [0.3, 0.4) is 0 Å². The minimum atomic E-state index is -3.17. The van der Waals surface area contributed by atoms with Gasteiger partial charge in [-0.25, -0.2) is 12.8 Å². The highest BCUT2D eigenvalue weighted by atomic mass is 32.2. The second-order valence-electron chi connectivity index (χ2n) is 7.72. The summed E-state index contributed by atoms with van der Waals surface area (Å²) in [4.78, 5) is 14.5. The zero-order chi connectivity index (χ0) is 21.2. The fourth-order valence-corrected chi connectivity index (χ4v) is 5.62. The monoisotopic (exact) mass is 419 g/mol. The highest BCUT2D eigenvalue weighted by Crippen LogP contribution is 2.25. The van der Waals surface area contributed by atoms with Crippen molar-refractivity contribution in [2.45, 2.75) is 39.8 Å². The molecule has 29 heavy (non-hydrogen) atoms. The lowest BCUT2D eigenvalue weighted by Gasteiger charge is -2.28. The highest BCUT2D eigenvalue weighted by molar-refractivity contribution is 7.91. The Hall–Kier alpha value is -2.41. The zero-order valence-corrected chi connectivity index (χ0v) is 17.8. The Morgan fingerprint density at radius 1 is 1.17 bits per heavy atom. The number of carbonyl (C=O) groups excluding carboxylic acids is 1. The third-order valence-corrected chi connectivity index (χ3v) is 6.91. The first-order valence-electron chi connectivity index (χ1n) is 9.59. The van der Waals surface area contributed by atoms with Gasteiger partial charge in [-0.15, -0.1) is 0 Å². The first kappa shape index (κ1) is 21.3. The summed E-state index contributed by atoms with van der Waals surface area (Å²) in [5.41, 5.74) is 3.61. The van der Waals surface area contributed by atoms with E-state index in [-0.39, 0.29) is 30.6 Å². The van der Waals surface area contributed by atoms with Crippen LogP contribution >= 0.6 is 0 Å². The Labute approximate surface area is 171 Å². The normalized spacial score (nSPS) is 17.9. The fraction of sp³-hybridized carbons (Fsp3) is 0.409. The molecule has 0 spiro atoms. The summed E-state index contributed by atoms with van der Waals surface area (Å²) in [6, 6.07) is 9.54. The third kappa shape index (κ3) is 5.35. The Morgan fingerprint density at radius 3 is 2.45 bits per heavy atom. The molecule has 0 N–H and O–H groups in total. The van der Waals surface area contributed by atoms with Gasteiger partial charge in [0.15, 0.2) is 16.4 Å². The van der Waals surface area contributed by atoms with E-state index in [1.54, 1.807) is 12.1 Å². The molecule has 5 nitrogen and oxygen atoms in total. The summed E-state index contributed by atoms with van der Waals surface area (Å²) in [5.74, 6) is -0.0568. The lowest BCUT2D eigenvalue weighted by atomic mass is 10.1. The molecule has 1 aliphatic heterocycles. The van der Waals surface area contributed by atoms with E-state index in [4.69, 9.17) is 4.74 Å². The molecule has 0 aliphatic carbocycles. The molecule has 0 unspecified atom stereocenters. The number of benzene rings is 2. The van der Waals surface area contributed by atoms with Gasteiger partial charge in [0.25, 0.3) is 5.91 Å². The zero-order valence-electron chi connectivity index (χ0n) is 16.9. The second-order valence-corrected chi connectivity index (χ2v) is 9.95. The van der Waals surface area contributed by atoms with Crippen molar-refractivity contribution < 1.29 is 22.3 Å². The maximum atomic E-state index is 13.6. The lowest BCUT2D eigenvalue weighted by molar-refractivity contribution is -0.136. The van der Waals surface area contributed by atoms with E-state index >= 15 is 0 Å². The van der Waals surface area contributed by atoms with Gasteiger partial charge in [0.05, 0.1) is 11.5 Å². The molecule has 0 aromatic heterocycles. The summed E-state index contributed by atoms with van der Waals surface area (Å²) >= 11 is 0. The molecule has 1 aliphatic rings. The minimum absolute atomic E-state index is 0.0572. The number of ether oxygens (including phenoxy) is 1. The van der Waals surface area contributed by atoms with E-state index in [0.29, 0.717) is 17.7 Å². The molecule has 3 rings (SSSR count). The van der Waals surface area contributed by atoms with E-state index < -0.39 is 21.7 Å². The standard InChI is InChI=1S/C22H26FNO4S/c1-15-9-16(2)22(17(3)10-15)28-13-21(25)24(20-7-8-29(26,27)14-20)12-18-5-4-6-19(23)11-18/h4-6,9-11,20H,7-8,12-14H2,1-3H3/t20-/m1/s1. The van der Waals surface area contributed by atoms with Gasteiger partial charge >= 0.3 is 0 Å². The summed E-state index contributed by atoms with van der Waals surface area (Å²) in [6.45, 7) is 5.79. The average molecular weight is 420 g/mol. The molecule has 2 aromatic carbocycles. The van der Waals surface area contributed by atoms with Crippen molar-refractivity contribution in [2.24, 2.45) is 0 Å². The maximum Gasteiger partial charge on any atom is 0.261 e. The van der Waals surface area contributed by atoms with Gasteiger partial charge in [-0.05, 0) is 56.0 Å². The molecule has 1 fully saturated rings. The molecular weight excluding hydrogens is 393 g/mol. The maximum absolute atomic E-state index is 13.6. The summed E-state index contributed by atoms with van der Waals surface area (Å²) in [5, 5.41) is 0. The van der Waals surface area contributed by atoms with Crippen molar-refractivity contribution in [3.05, 3.63) is 64.5 Å². The van der Waals surface area contributed by atoms with Crippen molar-refractivity contribution in [3.63, 3.8) is 0 Å². The molecule has 1 saturated heterocycles. The molecule has 1 heterocycles.